The lowest BCUT2D eigenvalue weighted by molar-refractivity contribution is -0.140. The van der Waals surface area contributed by atoms with Crippen LogP contribution < -0.4 is 5.32 Å². The van der Waals surface area contributed by atoms with Gasteiger partial charge in [-0.05, 0) is 11.0 Å². The van der Waals surface area contributed by atoms with Gasteiger partial charge in [0.1, 0.15) is 5.82 Å². The molecular formula is C19H23N3O3. The minimum absolute atomic E-state index is 0.208. The Morgan fingerprint density at radius 2 is 1.96 bits per heavy atom. The third-order valence-corrected chi connectivity index (χ3v) is 5.20. The Kier molecular flexibility index (Phi) is 4.37. The molecule has 1 saturated carbocycles. The summed E-state index contributed by atoms with van der Waals surface area (Å²) in [5, 5.41) is 12.4. The molecular weight excluding hydrogens is 318 g/mol. The van der Waals surface area contributed by atoms with E-state index in [9.17, 15) is 14.7 Å². The predicted molar refractivity (Wildman–Crippen MR) is 92.6 cm³/mol. The number of amides is 1. The summed E-state index contributed by atoms with van der Waals surface area (Å²) in [6.45, 7) is 3.65. The van der Waals surface area contributed by atoms with E-state index in [0.29, 0.717) is 6.42 Å². The lowest BCUT2D eigenvalue weighted by Crippen LogP contribution is -2.33. The molecule has 6 nitrogen and oxygen atoms in total. The second-order valence-corrected chi connectivity index (χ2v) is 7.25. The predicted octanol–water partition coefficient (Wildman–Crippen LogP) is 2.18. The molecule has 0 aliphatic heterocycles. The van der Waals surface area contributed by atoms with Gasteiger partial charge in [0.25, 0.3) is 0 Å². The number of benzene rings is 1. The zero-order valence-electron chi connectivity index (χ0n) is 14.6. The Bertz CT molecular complexity index is 782. The largest absolute Gasteiger partial charge is 0.481 e. The van der Waals surface area contributed by atoms with Crippen LogP contribution in [-0.2, 0) is 23.1 Å². The summed E-state index contributed by atoms with van der Waals surface area (Å²) in [6, 6.07) is 9.44. The van der Waals surface area contributed by atoms with Crippen LogP contribution in [0.1, 0.15) is 31.3 Å². The number of nitrogens with one attached hydrogen (secondary N) is 1. The van der Waals surface area contributed by atoms with Crippen LogP contribution in [0.3, 0.4) is 0 Å². The van der Waals surface area contributed by atoms with Crippen molar-refractivity contribution in [1.29, 1.82) is 0 Å². The maximum absolute atomic E-state index is 12.7. The Hall–Kier alpha value is -2.63. The van der Waals surface area contributed by atoms with Crippen molar-refractivity contribution in [2.24, 2.45) is 24.3 Å². The normalized spacial score (nSPS) is 22.2. The molecule has 1 aromatic carbocycles. The zero-order valence-corrected chi connectivity index (χ0v) is 14.6. The van der Waals surface area contributed by atoms with Gasteiger partial charge in [0, 0.05) is 25.9 Å². The lowest BCUT2D eigenvalue weighted by Gasteiger charge is -2.19. The molecule has 1 aliphatic carbocycles. The fourth-order valence-corrected chi connectivity index (χ4v) is 3.56. The zero-order chi connectivity index (χ0) is 18.2. The molecule has 6 heteroatoms. The van der Waals surface area contributed by atoms with Crippen LogP contribution in [0.25, 0.3) is 0 Å². The van der Waals surface area contributed by atoms with Gasteiger partial charge in [-0.25, -0.2) is 4.98 Å². The standard InChI is InChI=1S/C19H23N3O3/c1-19(2)15(16(19)18(24)25)17(23)21-13(12-7-5-4-6-8-12)11-14-20-9-10-22(14)3/h4-10,13,15-16H,11H2,1-3H3,(H,21,23)(H,24,25). The molecule has 1 aromatic heterocycles. The van der Waals surface area contributed by atoms with E-state index in [-0.39, 0.29) is 11.9 Å². The molecule has 3 atom stereocenters. The first kappa shape index (κ1) is 17.2. The molecule has 25 heavy (non-hydrogen) atoms. The topological polar surface area (TPSA) is 84.2 Å². The summed E-state index contributed by atoms with van der Waals surface area (Å²) in [7, 11) is 1.91. The first-order chi connectivity index (χ1) is 11.8. The second kappa shape index (κ2) is 6.35. The molecule has 1 fully saturated rings. The summed E-state index contributed by atoms with van der Waals surface area (Å²) in [4.78, 5) is 28.4. The van der Waals surface area contributed by atoms with E-state index in [1.165, 1.54) is 0 Å². The van der Waals surface area contributed by atoms with Gasteiger partial charge in [-0.15, -0.1) is 0 Å². The number of aromatic nitrogens is 2. The number of rotatable bonds is 6. The minimum Gasteiger partial charge on any atom is -0.481 e. The third-order valence-electron chi connectivity index (χ3n) is 5.20. The van der Waals surface area contributed by atoms with Crippen molar-refractivity contribution < 1.29 is 14.7 Å². The van der Waals surface area contributed by atoms with Crippen molar-refractivity contribution in [3.8, 4) is 0 Å². The first-order valence-corrected chi connectivity index (χ1v) is 8.36. The Labute approximate surface area is 146 Å². The Balaban J connectivity index is 1.80. The molecule has 0 radical (unpaired) electrons. The van der Waals surface area contributed by atoms with Gasteiger partial charge < -0.3 is 15.0 Å². The van der Waals surface area contributed by atoms with Crippen molar-refractivity contribution in [2.45, 2.75) is 26.3 Å². The molecule has 0 spiro atoms. The van der Waals surface area contributed by atoms with Crippen molar-refractivity contribution in [2.75, 3.05) is 0 Å². The van der Waals surface area contributed by atoms with Gasteiger partial charge >= 0.3 is 5.97 Å². The lowest BCUT2D eigenvalue weighted by atomic mass is 10.0. The molecule has 132 valence electrons. The molecule has 1 aliphatic rings. The summed E-state index contributed by atoms with van der Waals surface area (Å²) >= 11 is 0. The summed E-state index contributed by atoms with van der Waals surface area (Å²) in [6.07, 6.45) is 4.14. The smallest absolute Gasteiger partial charge is 0.307 e. The maximum atomic E-state index is 12.7. The van der Waals surface area contributed by atoms with Gasteiger partial charge in [-0.3, -0.25) is 9.59 Å². The summed E-state index contributed by atoms with van der Waals surface area (Å²) in [5.74, 6) is -1.39. The number of imidazole rings is 1. The van der Waals surface area contributed by atoms with Crippen LogP contribution in [-0.4, -0.2) is 26.5 Å². The minimum atomic E-state index is -0.912. The van der Waals surface area contributed by atoms with Gasteiger partial charge in [-0.1, -0.05) is 44.2 Å². The van der Waals surface area contributed by atoms with E-state index < -0.39 is 23.2 Å². The van der Waals surface area contributed by atoms with Crippen LogP contribution >= 0.6 is 0 Å². The molecule has 0 saturated heterocycles. The van der Waals surface area contributed by atoms with Crippen molar-refractivity contribution in [3.05, 3.63) is 54.1 Å². The highest BCUT2D eigenvalue weighted by Crippen LogP contribution is 2.58. The van der Waals surface area contributed by atoms with E-state index in [2.05, 4.69) is 10.3 Å². The molecule has 2 N–H and O–H groups in total. The highest BCUT2D eigenvalue weighted by molar-refractivity contribution is 5.91. The van der Waals surface area contributed by atoms with Crippen molar-refractivity contribution in [3.63, 3.8) is 0 Å². The maximum Gasteiger partial charge on any atom is 0.307 e. The number of hydrogen-bond donors (Lipinski definition) is 2. The highest BCUT2D eigenvalue weighted by atomic mass is 16.4. The number of carbonyl (C=O) groups is 2. The molecule has 3 rings (SSSR count). The fourth-order valence-electron chi connectivity index (χ4n) is 3.56. The Morgan fingerprint density at radius 1 is 1.28 bits per heavy atom. The number of nitrogens with zero attached hydrogens (tertiary/aromatic N) is 2. The van der Waals surface area contributed by atoms with Gasteiger partial charge in [0.15, 0.2) is 0 Å². The Morgan fingerprint density at radius 3 is 2.48 bits per heavy atom. The van der Waals surface area contributed by atoms with Gasteiger partial charge in [0.05, 0.1) is 17.9 Å². The van der Waals surface area contributed by atoms with Crippen LogP contribution in [0.2, 0.25) is 0 Å². The average Bonchev–Trinajstić information content (AvgIpc) is 2.94. The van der Waals surface area contributed by atoms with Crippen molar-refractivity contribution >= 4 is 11.9 Å². The molecule has 2 aromatic rings. The quantitative estimate of drug-likeness (QED) is 0.843. The van der Waals surface area contributed by atoms with Crippen LogP contribution in [0.4, 0.5) is 0 Å². The number of carbonyl (C=O) groups excluding carboxylic acids is 1. The molecule has 1 amide bonds. The van der Waals surface area contributed by atoms with E-state index in [1.54, 1.807) is 6.20 Å². The molecule has 0 bridgehead atoms. The number of carboxylic acid groups (broad SMARTS) is 1. The summed E-state index contributed by atoms with van der Waals surface area (Å²) < 4.78 is 1.92. The fraction of sp³-hybridized carbons (Fsp3) is 0.421. The van der Waals surface area contributed by atoms with E-state index in [1.807, 2.05) is 62.0 Å². The van der Waals surface area contributed by atoms with Crippen molar-refractivity contribution in [1.82, 2.24) is 14.9 Å². The highest BCUT2D eigenvalue weighted by Gasteiger charge is 2.66. The SMILES string of the molecule is Cn1ccnc1CC(NC(=O)C1C(C(=O)O)C1(C)C)c1ccccc1. The van der Waals surface area contributed by atoms with E-state index in [0.717, 1.165) is 11.4 Å². The van der Waals surface area contributed by atoms with Crippen LogP contribution in [0.5, 0.6) is 0 Å². The second-order valence-electron chi connectivity index (χ2n) is 7.25. The van der Waals surface area contributed by atoms with E-state index >= 15 is 0 Å². The average molecular weight is 341 g/mol. The van der Waals surface area contributed by atoms with E-state index in [4.69, 9.17) is 0 Å². The molecule has 3 unspecified atom stereocenters. The number of aliphatic carboxylic acids is 1. The number of aryl methyl sites for hydroxylation is 1. The van der Waals surface area contributed by atoms with Gasteiger partial charge in [-0.2, -0.15) is 0 Å². The monoisotopic (exact) mass is 341 g/mol. The third kappa shape index (κ3) is 3.29. The van der Waals surface area contributed by atoms with Crippen LogP contribution in [0.15, 0.2) is 42.7 Å². The number of hydrogen-bond acceptors (Lipinski definition) is 3. The van der Waals surface area contributed by atoms with Gasteiger partial charge in [0.2, 0.25) is 5.91 Å². The summed E-state index contributed by atoms with van der Waals surface area (Å²) in [5.41, 5.74) is 0.463. The van der Waals surface area contributed by atoms with Crippen LogP contribution in [0, 0.1) is 17.3 Å². The number of carboxylic acids is 1. The molecule has 1 heterocycles. The first-order valence-electron chi connectivity index (χ1n) is 8.36.